The van der Waals surface area contributed by atoms with Crippen LogP contribution in [0.4, 0.5) is 0 Å². The molecule has 2 N–H and O–H groups in total. The quantitative estimate of drug-likeness (QED) is 0.812. The van der Waals surface area contributed by atoms with Crippen molar-refractivity contribution in [1.29, 1.82) is 0 Å². The number of hydrogen-bond donors (Lipinski definition) is 1. The molecule has 0 aromatic heterocycles. The van der Waals surface area contributed by atoms with Crippen LogP contribution in [-0.2, 0) is 5.54 Å². The van der Waals surface area contributed by atoms with E-state index in [4.69, 9.17) is 5.73 Å². The molecule has 1 nitrogen and oxygen atoms in total. The fourth-order valence-electron chi connectivity index (χ4n) is 3.37. The molecule has 0 radical (unpaired) electrons. The van der Waals surface area contributed by atoms with Gasteiger partial charge in [-0.1, -0.05) is 43.5 Å². The van der Waals surface area contributed by atoms with Gasteiger partial charge in [0.15, 0.2) is 0 Å². The van der Waals surface area contributed by atoms with Gasteiger partial charge in [0.1, 0.15) is 0 Å². The fraction of sp³-hybridized carbons (Fsp3) is 0.625. The molecule has 0 atom stereocenters. The van der Waals surface area contributed by atoms with Gasteiger partial charge in [-0.2, -0.15) is 0 Å². The van der Waals surface area contributed by atoms with E-state index in [1.54, 1.807) is 0 Å². The van der Waals surface area contributed by atoms with E-state index in [9.17, 15) is 0 Å². The van der Waals surface area contributed by atoms with Gasteiger partial charge in [-0.15, -0.1) is 0 Å². The van der Waals surface area contributed by atoms with Gasteiger partial charge in [0.25, 0.3) is 0 Å². The van der Waals surface area contributed by atoms with Crippen molar-refractivity contribution in [3.8, 4) is 0 Å². The molecule has 0 unspecified atom stereocenters. The van der Waals surface area contributed by atoms with Crippen molar-refractivity contribution in [2.24, 2.45) is 5.73 Å². The lowest BCUT2D eigenvalue weighted by Gasteiger charge is -2.38. The Morgan fingerprint density at radius 2 is 1.53 bits per heavy atom. The predicted octanol–water partition coefficient (Wildman–Crippen LogP) is 4.07. The van der Waals surface area contributed by atoms with Crippen LogP contribution < -0.4 is 5.73 Å². The minimum atomic E-state index is 0.00505. The molecular formula is C16H23N. The van der Waals surface area contributed by atoms with Crippen LogP contribution in [0.25, 0.3) is 0 Å². The second kappa shape index (κ2) is 4.45. The van der Waals surface area contributed by atoms with Crippen molar-refractivity contribution >= 4 is 0 Å². The maximum atomic E-state index is 6.35. The fourth-order valence-corrected chi connectivity index (χ4v) is 3.37. The molecule has 92 valence electrons. The molecule has 1 aromatic rings. The predicted molar refractivity (Wildman–Crippen MR) is 72.0 cm³/mol. The van der Waals surface area contributed by atoms with Crippen LogP contribution in [0.1, 0.15) is 68.4 Å². The van der Waals surface area contributed by atoms with Crippen LogP contribution in [0, 0.1) is 0 Å². The van der Waals surface area contributed by atoms with E-state index < -0.39 is 0 Å². The Labute approximate surface area is 104 Å². The van der Waals surface area contributed by atoms with Gasteiger partial charge in [0.05, 0.1) is 0 Å². The summed E-state index contributed by atoms with van der Waals surface area (Å²) in [6.45, 7) is 0. The summed E-state index contributed by atoms with van der Waals surface area (Å²) in [5.41, 5.74) is 9.25. The molecule has 0 spiro atoms. The van der Waals surface area contributed by atoms with Crippen molar-refractivity contribution in [3.63, 3.8) is 0 Å². The number of hydrogen-bond acceptors (Lipinski definition) is 1. The lowest BCUT2D eigenvalue weighted by Crippen LogP contribution is -2.43. The van der Waals surface area contributed by atoms with E-state index in [1.807, 2.05) is 0 Å². The highest BCUT2D eigenvalue weighted by molar-refractivity contribution is 5.31. The van der Waals surface area contributed by atoms with Gasteiger partial charge in [-0.05, 0) is 49.1 Å². The summed E-state index contributed by atoms with van der Waals surface area (Å²) < 4.78 is 0. The molecule has 0 bridgehead atoms. The molecule has 2 aliphatic rings. The molecule has 0 aliphatic heterocycles. The molecule has 1 aromatic carbocycles. The standard InChI is InChI=1S/C16H23N/c17-16(11-4-12-16)15-9-7-14(8-10-15)13-5-2-1-3-6-13/h7-10,13H,1-6,11-12,17H2. The van der Waals surface area contributed by atoms with E-state index in [2.05, 4.69) is 24.3 Å². The van der Waals surface area contributed by atoms with Crippen molar-refractivity contribution in [2.45, 2.75) is 62.8 Å². The normalized spacial score (nSPS) is 24.3. The largest absolute Gasteiger partial charge is 0.321 e. The van der Waals surface area contributed by atoms with E-state index in [-0.39, 0.29) is 5.54 Å². The highest BCUT2D eigenvalue weighted by Gasteiger charge is 2.34. The SMILES string of the molecule is NC1(c2ccc(C3CCCCC3)cc2)CCC1. The van der Waals surface area contributed by atoms with Crippen LogP contribution in [0.3, 0.4) is 0 Å². The highest BCUT2D eigenvalue weighted by atomic mass is 14.8. The molecule has 3 rings (SSSR count). The third kappa shape index (κ3) is 2.13. The van der Waals surface area contributed by atoms with Gasteiger partial charge >= 0.3 is 0 Å². The Hall–Kier alpha value is -0.820. The van der Waals surface area contributed by atoms with E-state index >= 15 is 0 Å². The Balaban J connectivity index is 1.75. The van der Waals surface area contributed by atoms with Gasteiger partial charge in [-0.3, -0.25) is 0 Å². The molecule has 0 saturated heterocycles. The molecular weight excluding hydrogens is 206 g/mol. The Morgan fingerprint density at radius 1 is 0.882 bits per heavy atom. The van der Waals surface area contributed by atoms with Crippen LogP contribution in [0.5, 0.6) is 0 Å². The smallest absolute Gasteiger partial charge is 0.0409 e. The van der Waals surface area contributed by atoms with E-state index in [0.717, 1.165) is 18.8 Å². The number of benzene rings is 1. The molecule has 2 aliphatic carbocycles. The summed E-state index contributed by atoms with van der Waals surface area (Å²) in [5, 5.41) is 0. The Kier molecular flexibility index (Phi) is 2.96. The van der Waals surface area contributed by atoms with Crippen LogP contribution >= 0.6 is 0 Å². The molecule has 0 amide bonds. The first-order valence-electron chi connectivity index (χ1n) is 7.17. The third-order valence-corrected chi connectivity index (χ3v) is 4.81. The second-order valence-corrected chi connectivity index (χ2v) is 5.97. The summed E-state index contributed by atoms with van der Waals surface area (Å²) >= 11 is 0. The summed E-state index contributed by atoms with van der Waals surface area (Å²) in [6, 6.07) is 9.22. The Morgan fingerprint density at radius 3 is 2.06 bits per heavy atom. The average Bonchev–Trinajstić information content (AvgIpc) is 2.37. The van der Waals surface area contributed by atoms with Crippen molar-refractivity contribution < 1.29 is 0 Å². The third-order valence-electron chi connectivity index (χ3n) is 4.81. The van der Waals surface area contributed by atoms with E-state index in [0.29, 0.717) is 0 Å². The number of nitrogens with two attached hydrogens (primary N) is 1. The highest BCUT2D eigenvalue weighted by Crippen LogP contribution is 2.39. The van der Waals surface area contributed by atoms with Crippen LogP contribution in [0.2, 0.25) is 0 Å². The Bertz CT molecular complexity index is 369. The molecule has 2 saturated carbocycles. The first-order chi connectivity index (χ1) is 8.28. The second-order valence-electron chi connectivity index (χ2n) is 5.97. The molecule has 17 heavy (non-hydrogen) atoms. The zero-order valence-corrected chi connectivity index (χ0v) is 10.6. The van der Waals surface area contributed by atoms with Crippen LogP contribution in [-0.4, -0.2) is 0 Å². The lowest BCUT2D eigenvalue weighted by molar-refractivity contribution is 0.253. The van der Waals surface area contributed by atoms with Crippen molar-refractivity contribution in [1.82, 2.24) is 0 Å². The topological polar surface area (TPSA) is 26.0 Å². The first kappa shape index (κ1) is 11.3. The van der Waals surface area contributed by atoms with Gasteiger partial charge in [0.2, 0.25) is 0 Å². The van der Waals surface area contributed by atoms with Gasteiger partial charge < -0.3 is 5.73 Å². The summed E-state index contributed by atoms with van der Waals surface area (Å²) in [4.78, 5) is 0. The minimum Gasteiger partial charge on any atom is -0.321 e. The molecule has 1 heteroatoms. The van der Waals surface area contributed by atoms with Gasteiger partial charge in [0, 0.05) is 5.54 Å². The van der Waals surface area contributed by atoms with E-state index in [1.165, 1.54) is 49.7 Å². The minimum absolute atomic E-state index is 0.00505. The average molecular weight is 229 g/mol. The first-order valence-corrected chi connectivity index (χ1v) is 7.17. The molecule has 2 fully saturated rings. The summed E-state index contributed by atoms with van der Waals surface area (Å²) in [5.74, 6) is 0.813. The number of rotatable bonds is 2. The summed E-state index contributed by atoms with van der Waals surface area (Å²) in [6.07, 6.45) is 10.6. The maximum Gasteiger partial charge on any atom is 0.0409 e. The zero-order chi connectivity index (χ0) is 11.7. The molecule has 0 heterocycles. The lowest BCUT2D eigenvalue weighted by atomic mass is 9.72. The van der Waals surface area contributed by atoms with Crippen molar-refractivity contribution in [3.05, 3.63) is 35.4 Å². The maximum absolute atomic E-state index is 6.35. The zero-order valence-electron chi connectivity index (χ0n) is 10.6. The monoisotopic (exact) mass is 229 g/mol. The van der Waals surface area contributed by atoms with Gasteiger partial charge in [-0.25, -0.2) is 0 Å². The summed E-state index contributed by atoms with van der Waals surface area (Å²) in [7, 11) is 0. The van der Waals surface area contributed by atoms with Crippen LogP contribution in [0.15, 0.2) is 24.3 Å². The van der Waals surface area contributed by atoms with Crippen molar-refractivity contribution in [2.75, 3.05) is 0 Å².